The minimum atomic E-state index is -3.66. The zero-order chi connectivity index (χ0) is 13.0. The highest BCUT2D eigenvalue weighted by Crippen LogP contribution is 2.19. The highest BCUT2D eigenvalue weighted by Gasteiger charge is 2.17. The van der Waals surface area contributed by atoms with Crippen LogP contribution in [0.1, 0.15) is 5.82 Å². The van der Waals surface area contributed by atoms with Crippen LogP contribution in [0.3, 0.4) is 0 Å². The molecule has 8 nitrogen and oxygen atoms in total. The molecular weight excluding hydrogens is 256 g/mol. The van der Waals surface area contributed by atoms with Gasteiger partial charge in [-0.15, -0.1) is 0 Å². The molecule has 0 saturated carbocycles. The fraction of sp³-hybridized carbons (Fsp3) is 0.111. The maximum Gasteiger partial charge on any atom is 0.243 e. The zero-order valence-corrected chi connectivity index (χ0v) is 10.1. The number of aromatic amines is 1. The van der Waals surface area contributed by atoms with Crippen LogP contribution in [0.25, 0.3) is 0 Å². The molecule has 1 aromatic carbocycles. The average Bonchev–Trinajstić information content (AvgIpc) is 2.89. The lowest BCUT2D eigenvalue weighted by Crippen LogP contribution is -2.25. The van der Waals surface area contributed by atoms with Gasteiger partial charge in [-0.3, -0.25) is 10.9 Å². The van der Waals surface area contributed by atoms with Gasteiger partial charge < -0.3 is 5.43 Å². The largest absolute Gasteiger partial charge is 0.323 e. The number of hydrazine groups is 1. The lowest BCUT2D eigenvalue weighted by atomic mass is 10.3. The first-order valence-corrected chi connectivity index (χ1v) is 6.51. The molecule has 0 amide bonds. The topological polar surface area (TPSA) is 126 Å². The van der Waals surface area contributed by atoms with E-state index in [0.717, 1.165) is 0 Å². The minimum Gasteiger partial charge on any atom is -0.323 e. The van der Waals surface area contributed by atoms with Gasteiger partial charge in [-0.1, -0.05) is 12.1 Å². The first kappa shape index (κ1) is 12.5. The number of rotatable bonds is 5. The van der Waals surface area contributed by atoms with Crippen LogP contribution in [0, 0.1) is 0 Å². The average molecular weight is 268 g/mol. The molecule has 0 radical (unpaired) electrons. The van der Waals surface area contributed by atoms with Crippen LogP contribution in [-0.2, 0) is 16.6 Å². The number of aromatic nitrogens is 3. The van der Waals surface area contributed by atoms with Crippen molar-refractivity contribution in [2.75, 3.05) is 5.43 Å². The van der Waals surface area contributed by atoms with Crippen molar-refractivity contribution in [3.05, 3.63) is 36.4 Å². The minimum absolute atomic E-state index is 0.0290. The molecule has 0 spiro atoms. The second kappa shape index (κ2) is 5.12. The van der Waals surface area contributed by atoms with Gasteiger partial charge in [0.05, 0.1) is 12.2 Å². The monoisotopic (exact) mass is 268 g/mol. The molecule has 9 heteroatoms. The number of anilines is 1. The van der Waals surface area contributed by atoms with Crippen LogP contribution in [0.5, 0.6) is 0 Å². The molecule has 0 fully saturated rings. The molecular formula is C9H12N6O2S. The Morgan fingerprint density at radius 1 is 1.33 bits per heavy atom. The van der Waals surface area contributed by atoms with E-state index in [4.69, 9.17) is 5.84 Å². The number of hydrogen-bond donors (Lipinski definition) is 4. The summed E-state index contributed by atoms with van der Waals surface area (Å²) in [4.78, 5) is 3.90. The number of sulfonamides is 1. The van der Waals surface area contributed by atoms with Crippen LogP contribution >= 0.6 is 0 Å². The number of nitrogens with two attached hydrogens (primary N) is 1. The second-order valence-electron chi connectivity index (χ2n) is 3.40. The van der Waals surface area contributed by atoms with Crippen LogP contribution in [0.15, 0.2) is 35.5 Å². The van der Waals surface area contributed by atoms with Crippen molar-refractivity contribution in [3.8, 4) is 0 Å². The van der Waals surface area contributed by atoms with E-state index in [1.54, 1.807) is 18.2 Å². The molecule has 0 aliphatic heterocycles. The summed E-state index contributed by atoms with van der Waals surface area (Å²) in [5, 5.41) is 6.19. The number of nitrogen functional groups attached to an aromatic ring is 1. The molecule has 0 saturated heterocycles. The van der Waals surface area contributed by atoms with E-state index in [2.05, 4.69) is 25.3 Å². The van der Waals surface area contributed by atoms with Crippen LogP contribution in [0.2, 0.25) is 0 Å². The van der Waals surface area contributed by atoms with E-state index in [1.807, 2.05) is 0 Å². The van der Waals surface area contributed by atoms with Crippen molar-refractivity contribution in [1.82, 2.24) is 19.9 Å². The second-order valence-corrected chi connectivity index (χ2v) is 5.13. The predicted molar refractivity (Wildman–Crippen MR) is 64.7 cm³/mol. The van der Waals surface area contributed by atoms with Gasteiger partial charge in [0, 0.05) is 0 Å². The molecule has 1 heterocycles. The summed E-state index contributed by atoms with van der Waals surface area (Å²) in [5.41, 5.74) is 2.66. The maximum atomic E-state index is 12.0. The number of nitrogens with one attached hydrogen (secondary N) is 3. The van der Waals surface area contributed by atoms with Gasteiger partial charge in [0.25, 0.3) is 0 Å². The lowest BCUT2D eigenvalue weighted by Gasteiger charge is -2.09. The van der Waals surface area contributed by atoms with E-state index in [-0.39, 0.29) is 11.4 Å². The standard InChI is InChI=1S/C9H12N6O2S/c10-14-7-3-1-2-4-8(7)18(16,17)13-5-9-11-6-12-15-9/h1-4,6,13-14H,5,10H2,(H,11,12,15). The number of hydrogen-bond acceptors (Lipinski definition) is 6. The Hall–Kier alpha value is -1.97. The molecule has 2 aromatic rings. The Labute approximate surface area is 104 Å². The third kappa shape index (κ3) is 2.64. The molecule has 1 aromatic heterocycles. The highest BCUT2D eigenvalue weighted by molar-refractivity contribution is 7.89. The number of para-hydroxylation sites is 1. The van der Waals surface area contributed by atoms with Crippen molar-refractivity contribution in [1.29, 1.82) is 0 Å². The van der Waals surface area contributed by atoms with Gasteiger partial charge >= 0.3 is 0 Å². The van der Waals surface area contributed by atoms with E-state index < -0.39 is 10.0 Å². The highest BCUT2D eigenvalue weighted by atomic mass is 32.2. The summed E-state index contributed by atoms with van der Waals surface area (Å²) in [6.45, 7) is 0.0290. The Morgan fingerprint density at radius 3 is 2.78 bits per heavy atom. The van der Waals surface area contributed by atoms with Crippen molar-refractivity contribution >= 4 is 15.7 Å². The Morgan fingerprint density at radius 2 is 2.11 bits per heavy atom. The molecule has 0 aliphatic carbocycles. The summed E-state index contributed by atoms with van der Waals surface area (Å²) < 4.78 is 26.5. The van der Waals surface area contributed by atoms with E-state index in [1.165, 1.54) is 12.4 Å². The Bertz CT molecular complexity index is 610. The SMILES string of the molecule is NNc1ccccc1S(=O)(=O)NCc1ncn[nH]1. The van der Waals surface area contributed by atoms with E-state index >= 15 is 0 Å². The Kier molecular flexibility index (Phi) is 3.55. The van der Waals surface area contributed by atoms with Crippen molar-refractivity contribution in [2.24, 2.45) is 5.84 Å². The molecule has 18 heavy (non-hydrogen) atoms. The summed E-state index contributed by atoms with van der Waals surface area (Å²) in [5.74, 6) is 5.69. The summed E-state index contributed by atoms with van der Waals surface area (Å²) in [6.07, 6.45) is 1.30. The van der Waals surface area contributed by atoms with E-state index in [0.29, 0.717) is 11.5 Å². The molecule has 2 rings (SSSR count). The molecule has 0 unspecified atom stereocenters. The molecule has 0 atom stereocenters. The Balaban J connectivity index is 2.20. The molecule has 0 bridgehead atoms. The molecule has 5 N–H and O–H groups in total. The van der Waals surface area contributed by atoms with Crippen molar-refractivity contribution < 1.29 is 8.42 Å². The normalized spacial score (nSPS) is 11.4. The van der Waals surface area contributed by atoms with Gasteiger partial charge in [0.1, 0.15) is 17.0 Å². The maximum absolute atomic E-state index is 12.0. The summed E-state index contributed by atoms with van der Waals surface area (Å²) >= 11 is 0. The van der Waals surface area contributed by atoms with Gasteiger partial charge in [-0.25, -0.2) is 18.1 Å². The van der Waals surface area contributed by atoms with E-state index in [9.17, 15) is 8.42 Å². The quantitative estimate of drug-likeness (QED) is 0.430. The third-order valence-electron chi connectivity index (χ3n) is 2.23. The van der Waals surface area contributed by atoms with Crippen LogP contribution < -0.4 is 16.0 Å². The van der Waals surface area contributed by atoms with Gasteiger partial charge in [0.15, 0.2) is 0 Å². The number of nitrogens with zero attached hydrogens (tertiary/aromatic N) is 2. The summed E-state index contributed by atoms with van der Waals surface area (Å²) in [7, 11) is -3.66. The molecule has 96 valence electrons. The smallest absolute Gasteiger partial charge is 0.243 e. The number of benzene rings is 1. The molecule has 0 aliphatic rings. The van der Waals surface area contributed by atoms with Crippen molar-refractivity contribution in [3.63, 3.8) is 0 Å². The van der Waals surface area contributed by atoms with Crippen molar-refractivity contribution in [2.45, 2.75) is 11.4 Å². The predicted octanol–water partition coefficient (Wildman–Crippen LogP) is -0.431. The van der Waals surface area contributed by atoms with Gasteiger partial charge in [-0.05, 0) is 12.1 Å². The fourth-order valence-electron chi connectivity index (χ4n) is 1.38. The zero-order valence-electron chi connectivity index (χ0n) is 9.29. The van der Waals surface area contributed by atoms with Crippen LogP contribution in [0.4, 0.5) is 5.69 Å². The van der Waals surface area contributed by atoms with Gasteiger partial charge in [-0.2, -0.15) is 5.10 Å². The third-order valence-corrected chi connectivity index (χ3v) is 3.69. The summed E-state index contributed by atoms with van der Waals surface area (Å²) in [6, 6.07) is 6.33. The number of H-pyrrole nitrogens is 1. The van der Waals surface area contributed by atoms with Gasteiger partial charge in [0.2, 0.25) is 10.0 Å². The lowest BCUT2D eigenvalue weighted by molar-refractivity contribution is 0.579. The first-order valence-electron chi connectivity index (χ1n) is 5.03. The fourth-order valence-corrected chi connectivity index (χ4v) is 2.53. The van der Waals surface area contributed by atoms with Crippen LogP contribution in [-0.4, -0.2) is 23.6 Å². The first-order chi connectivity index (χ1) is 8.63.